The van der Waals surface area contributed by atoms with Gasteiger partial charge >= 0.3 is 0 Å². The first-order valence-corrected chi connectivity index (χ1v) is 10.4. The van der Waals surface area contributed by atoms with Crippen LogP contribution >= 0.6 is 11.6 Å². The SMILES string of the molecule is O=C(Cc1ccccc1Cl)NC1CCC(C(=O)N[C@@H]2CC[C@H](O)C2)CC1.O=CO. The molecule has 7 nitrogen and oxygen atoms in total. The summed E-state index contributed by atoms with van der Waals surface area (Å²) in [5, 5.41) is 23.2. The van der Waals surface area contributed by atoms with Crippen molar-refractivity contribution in [2.75, 3.05) is 0 Å². The van der Waals surface area contributed by atoms with Crippen LogP contribution in [0.2, 0.25) is 5.02 Å². The van der Waals surface area contributed by atoms with Crippen molar-refractivity contribution in [3.63, 3.8) is 0 Å². The van der Waals surface area contributed by atoms with E-state index in [4.69, 9.17) is 21.5 Å². The maximum Gasteiger partial charge on any atom is 0.290 e. The molecule has 0 aromatic heterocycles. The van der Waals surface area contributed by atoms with Crippen molar-refractivity contribution in [1.82, 2.24) is 10.6 Å². The van der Waals surface area contributed by atoms with Gasteiger partial charge in [0.2, 0.25) is 11.8 Å². The molecule has 2 amide bonds. The number of aliphatic hydroxyl groups excluding tert-OH is 1. The summed E-state index contributed by atoms with van der Waals surface area (Å²) in [7, 11) is 0. The summed E-state index contributed by atoms with van der Waals surface area (Å²) in [6, 6.07) is 7.62. The summed E-state index contributed by atoms with van der Waals surface area (Å²) in [4.78, 5) is 33.0. The molecule has 2 saturated carbocycles. The zero-order chi connectivity index (χ0) is 21.2. The van der Waals surface area contributed by atoms with Gasteiger partial charge in [0.15, 0.2) is 0 Å². The number of carbonyl (C=O) groups excluding carboxylic acids is 2. The summed E-state index contributed by atoms with van der Waals surface area (Å²) in [5.74, 6) is 0.0975. The highest BCUT2D eigenvalue weighted by Crippen LogP contribution is 2.26. The van der Waals surface area contributed by atoms with E-state index in [0.717, 1.165) is 44.1 Å². The molecule has 0 spiro atoms. The maximum atomic E-state index is 12.4. The first-order chi connectivity index (χ1) is 13.9. The molecule has 2 aliphatic rings. The second-order valence-corrected chi connectivity index (χ2v) is 8.07. The van der Waals surface area contributed by atoms with Gasteiger partial charge in [-0.15, -0.1) is 0 Å². The molecule has 0 aliphatic heterocycles. The average Bonchev–Trinajstić information content (AvgIpc) is 3.09. The van der Waals surface area contributed by atoms with Gasteiger partial charge in [-0.3, -0.25) is 14.4 Å². The Bertz CT molecular complexity index is 691. The van der Waals surface area contributed by atoms with Gasteiger partial charge in [0, 0.05) is 23.0 Å². The molecule has 0 radical (unpaired) electrons. The fourth-order valence-corrected chi connectivity index (χ4v) is 4.20. The van der Waals surface area contributed by atoms with E-state index in [2.05, 4.69) is 10.6 Å². The molecule has 4 N–H and O–H groups in total. The number of rotatable bonds is 5. The van der Waals surface area contributed by atoms with E-state index >= 15 is 0 Å². The molecule has 1 aromatic rings. The van der Waals surface area contributed by atoms with E-state index in [-0.39, 0.29) is 48.8 Å². The number of carbonyl (C=O) groups is 3. The van der Waals surface area contributed by atoms with Crippen molar-refractivity contribution in [2.45, 2.75) is 69.6 Å². The molecule has 0 heterocycles. The van der Waals surface area contributed by atoms with Gasteiger partial charge in [-0.2, -0.15) is 0 Å². The zero-order valence-corrected chi connectivity index (χ0v) is 17.1. The van der Waals surface area contributed by atoms with Gasteiger partial charge in [-0.1, -0.05) is 29.8 Å². The van der Waals surface area contributed by atoms with E-state index in [1.165, 1.54) is 0 Å². The highest BCUT2D eigenvalue weighted by molar-refractivity contribution is 6.31. The van der Waals surface area contributed by atoms with Crippen molar-refractivity contribution >= 4 is 29.9 Å². The lowest BCUT2D eigenvalue weighted by Crippen LogP contribution is -2.43. The third kappa shape index (κ3) is 7.66. The minimum atomic E-state index is -0.274. The van der Waals surface area contributed by atoms with E-state index in [9.17, 15) is 14.7 Å². The molecule has 1 aromatic carbocycles. The van der Waals surface area contributed by atoms with E-state index in [1.54, 1.807) is 6.07 Å². The van der Waals surface area contributed by atoms with Gasteiger partial charge in [0.25, 0.3) is 6.47 Å². The fourth-order valence-electron chi connectivity index (χ4n) is 4.00. The highest BCUT2D eigenvalue weighted by atomic mass is 35.5. The minimum absolute atomic E-state index is 0.0180. The Hall–Kier alpha value is -2.12. The van der Waals surface area contributed by atoms with Crippen molar-refractivity contribution < 1.29 is 24.6 Å². The normalized spacial score (nSPS) is 26.0. The number of halogens is 1. The number of carboxylic acid groups (broad SMARTS) is 1. The standard InChI is InChI=1S/C20H27ClN2O3.CH2O2/c21-18-4-2-1-3-14(18)11-19(25)22-15-7-5-13(6-8-15)20(26)23-16-9-10-17(24)12-16;2-1-3/h1-4,13,15-17,24H,5-12H2,(H,22,25)(H,23,26);1H,(H,2,3)/t13?,15?,16-,17+;/m1./s1. The van der Waals surface area contributed by atoms with Crippen molar-refractivity contribution in [2.24, 2.45) is 5.92 Å². The molecule has 29 heavy (non-hydrogen) atoms. The lowest BCUT2D eigenvalue weighted by Gasteiger charge is -2.29. The summed E-state index contributed by atoms with van der Waals surface area (Å²) < 4.78 is 0. The fraction of sp³-hybridized carbons (Fsp3) is 0.571. The smallest absolute Gasteiger partial charge is 0.290 e. The Kier molecular flexibility index (Phi) is 9.41. The minimum Gasteiger partial charge on any atom is -0.483 e. The molecule has 0 unspecified atom stereocenters. The van der Waals surface area contributed by atoms with Gasteiger partial charge in [0.05, 0.1) is 12.5 Å². The van der Waals surface area contributed by atoms with Gasteiger partial charge < -0.3 is 20.8 Å². The van der Waals surface area contributed by atoms with E-state index in [1.807, 2.05) is 18.2 Å². The van der Waals surface area contributed by atoms with Gasteiger partial charge in [-0.25, -0.2) is 0 Å². The zero-order valence-electron chi connectivity index (χ0n) is 16.4. The monoisotopic (exact) mass is 424 g/mol. The van der Waals surface area contributed by atoms with Crippen LogP contribution in [0.1, 0.15) is 50.5 Å². The van der Waals surface area contributed by atoms with Crippen LogP contribution in [0.4, 0.5) is 0 Å². The summed E-state index contributed by atoms with van der Waals surface area (Å²) in [6.45, 7) is -0.250. The topological polar surface area (TPSA) is 116 Å². The Morgan fingerprint density at radius 3 is 2.24 bits per heavy atom. The molecule has 0 bridgehead atoms. The number of aliphatic hydroxyl groups is 1. The van der Waals surface area contributed by atoms with E-state index in [0.29, 0.717) is 11.4 Å². The van der Waals surface area contributed by atoms with Crippen molar-refractivity contribution in [1.29, 1.82) is 0 Å². The molecular weight excluding hydrogens is 396 g/mol. The quantitative estimate of drug-likeness (QED) is 0.541. The third-order valence-corrected chi connectivity index (χ3v) is 5.89. The van der Waals surface area contributed by atoms with Crippen LogP contribution in [0, 0.1) is 5.92 Å². The van der Waals surface area contributed by atoms with E-state index < -0.39 is 0 Å². The van der Waals surface area contributed by atoms with Crippen molar-refractivity contribution in [3.05, 3.63) is 34.9 Å². The first-order valence-electron chi connectivity index (χ1n) is 10.0. The Morgan fingerprint density at radius 2 is 1.66 bits per heavy atom. The predicted octanol–water partition coefficient (Wildman–Crippen LogP) is 2.29. The van der Waals surface area contributed by atoms with Crippen LogP contribution in [-0.2, 0) is 20.8 Å². The number of hydrogen-bond donors (Lipinski definition) is 4. The molecule has 160 valence electrons. The molecule has 3 rings (SSSR count). The van der Waals surface area contributed by atoms with Crippen LogP contribution in [-0.4, -0.2) is 46.7 Å². The number of hydrogen-bond acceptors (Lipinski definition) is 4. The lowest BCUT2D eigenvalue weighted by molar-refractivity contribution is -0.127. The molecule has 2 atom stereocenters. The first kappa shape index (κ1) is 23.2. The van der Waals surface area contributed by atoms with Crippen LogP contribution in [0.15, 0.2) is 24.3 Å². The summed E-state index contributed by atoms with van der Waals surface area (Å²) >= 11 is 6.10. The molecule has 2 fully saturated rings. The number of amides is 2. The molecule has 0 saturated heterocycles. The predicted molar refractivity (Wildman–Crippen MR) is 110 cm³/mol. The number of benzene rings is 1. The third-order valence-electron chi connectivity index (χ3n) is 5.52. The van der Waals surface area contributed by atoms with Gasteiger partial charge in [-0.05, 0) is 56.6 Å². The van der Waals surface area contributed by atoms with Crippen LogP contribution in [0.3, 0.4) is 0 Å². The maximum absolute atomic E-state index is 12.4. The Morgan fingerprint density at radius 1 is 1.03 bits per heavy atom. The molecular formula is C21H29ClN2O5. The molecule has 8 heteroatoms. The largest absolute Gasteiger partial charge is 0.483 e. The Balaban J connectivity index is 0.000000941. The van der Waals surface area contributed by atoms with Gasteiger partial charge in [0.1, 0.15) is 0 Å². The molecule has 2 aliphatic carbocycles. The van der Waals surface area contributed by atoms with Crippen LogP contribution < -0.4 is 10.6 Å². The van der Waals surface area contributed by atoms with Crippen LogP contribution in [0.5, 0.6) is 0 Å². The highest BCUT2D eigenvalue weighted by Gasteiger charge is 2.30. The average molecular weight is 425 g/mol. The second-order valence-electron chi connectivity index (χ2n) is 7.66. The Labute approximate surface area is 175 Å². The second kappa shape index (κ2) is 11.8. The number of nitrogens with one attached hydrogen (secondary N) is 2. The summed E-state index contributed by atoms with van der Waals surface area (Å²) in [5.41, 5.74) is 0.832. The van der Waals surface area contributed by atoms with Crippen LogP contribution in [0.25, 0.3) is 0 Å². The lowest BCUT2D eigenvalue weighted by atomic mass is 9.85. The van der Waals surface area contributed by atoms with Crippen molar-refractivity contribution in [3.8, 4) is 0 Å². The summed E-state index contributed by atoms with van der Waals surface area (Å²) in [6.07, 6.45) is 5.53.